The molecule has 0 aliphatic heterocycles. The Bertz CT molecular complexity index is 680. The first-order valence-electron chi connectivity index (χ1n) is 5.11. The molecule has 7 heteroatoms. The number of hydrogen-bond acceptors (Lipinski definition) is 3. The van der Waals surface area contributed by atoms with Crippen LogP contribution in [-0.2, 0) is 0 Å². The number of halogens is 2. The summed E-state index contributed by atoms with van der Waals surface area (Å²) in [6, 6.07) is 2.50. The summed E-state index contributed by atoms with van der Waals surface area (Å²) < 4.78 is 26.8. The number of anilines is 1. The SMILES string of the molecule is Nc1cc(F)cc(C(=O)c2c[nH]c(C(=O)O)c2)c1F. The maximum Gasteiger partial charge on any atom is 0.352 e. The molecule has 0 aliphatic rings. The average Bonchev–Trinajstić information content (AvgIpc) is 2.82. The average molecular weight is 266 g/mol. The highest BCUT2D eigenvalue weighted by Crippen LogP contribution is 2.21. The smallest absolute Gasteiger partial charge is 0.352 e. The Morgan fingerprint density at radius 1 is 1.21 bits per heavy atom. The number of carboxylic acid groups (broad SMARTS) is 1. The van der Waals surface area contributed by atoms with E-state index in [0.717, 1.165) is 18.3 Å². The molecule has 0 fully saturated rings. The van der Waals surface area contributed by atoms with Crippen LogP contribution in [-0.4, -0.2) is 21.8 Å². The highest BCUT2D eigenvalue weighted by Gasteiger charge is 2.19. The summed E-state index contributed by atoms with van der Waals surface area (Å²) in [6.45, 7) is 0. The number of aromatic carboxylic acids is 1. The molecule has 98 valence electrons. The number of carboxylic acids is 1. The number of H-pyrrole nitrogens is 1. The fourth-order valence-corrected chi connectivity index (χ4v) is 1.58. The van der Waals surface area contributed by atoms with E-state index in [-0.39, 0.29) is 11.3 Å². The van der Waals surface area contributed by atoms with Crippen molar-refractivity contribution in [2.45, 2.75) is 0 Å². The molecule has 1 aromatic carbocycles. The fourth-order valence-electron chi connectivity index (χ4n) is 1.58. The molecule has 0 atom stereocenters. The molecule has 0 amide bonds. The Hall–Kier alpha value is -2.70. The van der Waals surface area contributed by atoms with Gasteiger partial charge in [0.15, 0.2) is 11.6 Å². The number of carbonyl (C=O) groups excluding carboxylic acids is 1. The minimum Gasteiger partial charge on any atom is -0.477 e. The second kappa shape index (κ2) is 4.52. The molecule has 5 nitrogen and oxygen atoms in total. The topological polar surface area (TPSA) is 96.2 Å². The van der Waals surface area contributed by atoms with Crippen LogP contribution in [0.4, 0.5) is 14.5 Å². The summed E-state index contributed by atoms with van der Waals surface area (Å²) in [5, 5.41) is 8.70. The molecule has 0 saturated carbocycles. The van der Waals surface area contributed by atoms with E-state index in [1.165, 1.54) is 0 Å². The zero-order valence-electron chi connectivity index (χ0n) is 9.41. The largest absolute Gasteiger partial charge is 0.477 e. The summed E-state index contributed by atoms with van der Waals surface area (Å²) >= 11 is 0. The van der Waals surface area contributed by atoms with E-state index >= 15 is 0 Å². The highest BCUT2D eigenvalue weighted by molar-refractivity contribution is 6.10. The van der Waals surface area contributed by atoms with Gasteiger partial charge in [-0.05, 0) is 18.2 Å². The Morgan fingerprint density at radius 3 is 2.47 bits per heavy atom. The first-order valence-corrected chi connectivity index (χ1v) is 5.11. The maximum atomic E-state index is 13.6. The normalized spacial score (nSPS) is 10.4. The monoisotopic (exact) mass is 266 g/mol. The van der Waals surface area contributed by atoms with Gasteiger partial charge in [0, 0.05) is 11.8 Å². The van der Waals surface area contributed by atoms with Crippen LogP contribution in [0.25, 0.3) is 0 Å². The summed E-state index contributed by atoms with van der Waals surface area (Å²) in [7, 11) is 0. The van der Waals surface area contributed by atoms with E-state index in [1.54, 1.807) is 0 Å². The minimum atomic E-state index is -1.27. The number of aromatic amines is 1. The van der Waals surface area contributed by atoms with Gasteiger partial charge in [-0.15, -0.1) is 0 Å². The van der Waals surface area contributed by atoms with E-state index in [2.05, 4.69) is 4.98 Å². The van der Waals surface area contributed by atoms with Crippen molar-refractivity contribution in [3.8, 4) is 0 Å². The van der Waals surface area contributed by atoms with Crippen LogP contribution in [0, 0.1) is 11.6 Å². The van der Waals surface area contributed by atoms with Crippen molar-refractivity contribution in [1.29, 1.82) is 0 Å². The number of hydrogen-bond donors (Lipinski definition) is 3. The number of aromatic nitrogens is 1. The molecule has 1 aromatic heterocycles. The number of rotatable bonds is 3. The lowest BCUT2D eigenvalue weighted by Gasteiger charge is -2.03. The van der Waals surface area contributed by atoms with Crippen LogP contribution in [0.1, 0.15) is 26.4 Å². The molecule has 0 saturated heterocycles. The van der Waals surface area contributed by atoms with Crippen molar-refractivity contribution in [2.75, 3.05) is 5.73 Å². The Labute approximate surface area is 105 Å². The molecule has 1 heterocycles. The molecule has 0 unspecified atom stereocenters. The molecule has 0 aliphatic carbocycles. The van der Waals surface area contributed by atoms with Crippen molar-refractivity contribution >= 4 is 17.4 Å². The summed E-state index contributed by atoms with van der Waals surface area (Å²) in [5.41, 5.74) is 3.86. The van der Waals surface area contributed by atoms with Crippen molar-refractivity contribution < 1.29 is 23.5 Å². The first-order chi connectivity index (χ1) is 8.90. The predicted molar refractivity (Wildman–Crippen MR) is 62.0 cm³/mol. The predicted octanol–water partition coefficient (Wildman–Crippen LogP) is 1.80. The van der Waals surface area contributed by atoms with Crippen LogP contribution in [0.2, 0.25) is 0 Å². The summed E-state index contributed by atoms with van der Waals surface area (Å²) in [5.74, 6) is -4.01. The van der Waals surface area contributed by atoms with Gasteiger partial charge < -0.3 is 15.8 Å². The third-order valence-electron chi connectivity index (χ3n) is 2.49. The van der Waals surface area contributed by atoms with Crippen LogP contribution in [0.5, 0.6) is 0 Å². The van der Waals surface area contributed by atoms with Gasteiger partial charge in [-0.3, -0.25) is 4.79 Å². The van der Waals surface area contributed by atoms with Crippen molar-refractivity contribution in [3.05, 3.63) is 52.9 Å². The lowest BCUT2D eigenvalue weighted by Crippen LogP contribution is -2.07. The van der Waals surface area contributed by atoms with E-state index in [1.807, 2.05) is 0 Å². The van der Waals surface area contributed by atoms with Gasteiger partial charge in [-0.25, -0.2) is 13.6 Å². The fraction of sp³-hybridized carbons (Fsp3) is 0. The summed E-state index contributed by atoms with van der Waals surface area (Å²) in [6.07, 6.45) is 1.10. The Kier molecular flexibility index (Phi) is 3.04. The Morgan fingerprint density at radius 2 is 1.89 bits per heavy atom. The molecular formula is C12H8F2N2O3. The van der Waals surface area contributed by atoms with Crippen LogP contribution in [0.3, 0.4) is 0 Å². The molecule has 0 spiro atoms. The van der Waals surface area contributed by atoms with Gasteiger partial charge in [-0.1, -0.05) is 0 Å². The van der Waals surface area contributed by atoms with Gasteiger partial charge in [-0.2, -0.15) is 0 Å². The van der Waals surface area contributed by atoms with E-state index in [4.69, 9.17) is 10.8 Å². The number of nitrogens with one attached hydrogen (secondary N) is 1. The first kappa shape index (κ1) is 12.7. The third kappa shape index (κ3) is 2.30. The molecular weight excluding hydrogens is 258 g/mol. The lowest BCUT2D eigenvalue weighted by atomic mass is 10.0. The standard InChI is InChI=1S/C12H8F2N2O3/c13-6-2-7(10(14)8(15)3-6)11(17)5-1-9(12(18)19)16-4-5/h1-4,16H,15H2,(H,18,19). The third-order valence-corrected chi connectivity index (χ3v) is 2.49. The van der Waals surface area contributed by atoms with Gasteiger partial charge in [0.05, 0.1) is 11.3 Å². The van der Waals surface area contributed by atoms with Crippen molar-refractivity contribution in [3.63, 3.8) is 0 Å². The zero-order valence-corrected chi connectivity index (χ0v) is 9.41. The number of nitrogens with two attached hydrogens (primary N) is 1. The van der Waals surface area contributed by atoms with Gasteiger partial charge in [0.25, 0.3) is 0 Å². The summed E-state index contributed by atoms with van der Waals surface area (Å²) in [4.78, 5) is 24.9. The number of carbonyl (C=O) groups is 2. The molecule has 0 radical (unpaired) electrons. The highest BCUT2D eigenvalue weighted by atomic mass is 19.1. The molecule has 0 bridgehead atoms. The molecule has 19 heavy (non-hydrogen) atoms. The minimum absolute atomic E-state index is 0.0960. The van der Waals surface area contributed by atoms with E-state index in [0.29, 0.717) is 6.07 Å². The number of ketones is 1. The quantitative estimate of drug-likeness (QED) is 0.583. The second-order valence-corrected chi connectivity index (χ2v) is 3.79. The van der Waals surface area contributed by atoms with Crippen LogP contribution < -0.4 is 5.73 Å². The lowest BCUT2D eigenvalue weighted by molar-refractivity contribution is 0.0691. The number of nitrogen functional groups attached to an aromatic ring is 1. The van der Waals surface area contributed by atoms with E-state index < -0.39 is 34.6 Å². The van der Waals surface area contributed by atoms with Crippen molar-refractivity contribution in [1.82, 2.24) is 4.98 Å². The molecule has 2 rings (SSSR count). The van der Waals surface area contributed by atoms with Gasteiger partial charge in [0.1, 0.15) is 11.5 Å². The van der Waals surface area contributed by atoms with Crippen molar-refractivity contribution in [2.24, 2.45) is 0 Å². The van der Waals surface area contributed by atoms with Gasteiger partial charge in [0.2, 0.25) is 0 Å². The van der Waals surface area contributed by atoms with Gasteiger partial charge >= 0.3 is 5.97 Å². The zero-order chi connectivity index (χ0) is 14.2. The Balaban J connectivity index is 2.46. The molecule has 4 N–H and O–H groups in total. The van der Waals surface area contributed by atoms with Crippen LogP contribution in [0.15, 0.2) is 24.4 Å². The number of benzene rings is 1. The second-order valence-electron chi connectivity index (χ2n) is 3.79. The maximum absolute atomic E-state index is 13.6. The van der Waals surface area contributed by atoms with E-state index in [9.17, 15) is 18.4 Å². The van der Waals surface area contributed by atoms with Crippen LogP contribution >= 0.6 is 0 Å². The molecule has 2 aromatic rings.